The molecular weight excluding hydrogens is 546 g/mol. The van der Waals surface area contributed by atoms with Gasteiger partial charge >= 0.3 is 6.61 Å². The average molecular weight is 571 g/mol. The summed E-state index contributed by atoms with van der Waals surface area (Å²) in [6.07, 6.45) is 7.87. The fourth-order valence-corrected chi connectivity index (χ4v) is 5.65. The number of likely N-dealkylation sites (tertiary alicyclic amines) is 1. The van der Waals surface area contributed by atoms with Gasteiger partial charge in [0.05, 0.1) is 11.9 Å². The number of alkyl halides is 2. The van der Waals surface area contributed by atoms with E-state index in [9.17, 15) is 18.4 Å². The predicted molar refractivity (Wildman–Crippen MR) is 141 cm³/mol. The molecular formula is C26H25ClF2N8O3. The maximum Gasteiger partial charge on any atom is 0.387 e. The third-order valence-corrected chi connectivity index (χ3v) is 7.51. The molecule has 2 N–H and O–H groups in total. The maximum absolute atomic E-state index is 13.3. The van der Waals surface area contributed by atoms with E-state index in [2.05, 4.69) is 25.8 Å². The van der Waals surface area contributed by atoms with Crippen molar-refractivity contribution in [1.29, 1.82) is 0 Å². The van der Waals surface area contributed by atoms with Crippen LogP contribution in [0.4, 0.5) is 14.5 Å². The van der Waals surface area contributed by atoms with Crippen LogP contribution in [0.5, 0.6) is 5.75 Å². The third kappa shape index (κ3) is 5.09. The lowest BCUT2D eigenvalue weighted by molar-refractivity contribution is -0.133. The second kappa shape index (κ2) is 10.8. The van der Waals surface area contributed by atoms with Gasteiger partial charge in [-0.2, -0.15) is 19.0 Å². The number of anilines is 1. The summed E-state index contributed by atoms with van der Waals surface area (Å²) in [5.74, 6) is -0.415. The number of piperidine rings is 1. The van der Waals surface area contributed by atoms with E-state index in [1.807, 2.05) is 4.90 Å². The van der Waals surface area contributed by atoms with Crippen LogP contribution in [-0.2, 0) is 11.3 Å². The Kier molecular flexibility index (Phi) is 7.07. The molecule has 2 atom stereocenters. The van der Waals surface area contributed by atoms with Crippen molar-refractivity contribution in [3.63, 3.8) is 0 Å². The number of aromatic nitrogens is 5. The molecule has 0 radical (unpaired) electrons. The summed E-state index contributed by atoms with van der Waals surface area (Å²) < 4.78 is 34.0. The number of hydrogen-bond donors (Lipinski definition) is 2. The van der Waals surface area contributed by atoms with Crippen molar-refractivity contribution in [2.45, 2.75) is 32.0 Å². The Morgan fingerprint density at radius 2 is 2.15 bits per heavy atom. The van der Waals surface area contributed by atoms with E-state index < -0.39 is 12.5 Å². The van der Waals surface area contributed by atoms with Crippen molar-refractivity contribution < 1.29 is 23.1 Å². The number of carbonyl (C=O) groups excluding carboxylic acids is 2. The molecule has 0 spiro atoms. The molecule has 2 amide bonds. The van der Waals surface area contributed by atoms with E-state index in [0.29, 0.717) is 18.1 Å². The molecule has 0 aliphatic carbocycles. The number of amides is 2. The smallest absolute Gasteiger partial charge is 0.387 e. The molecule has 2 fully saturated rings. The zero-order valence-electron chi connectivity index (χ0n) is 21.1. The predicted octanol–water partition coefficient (Wildman–Crippen LogP) is 3.31. The number of rotatable bonds is 7. The Labute approximate surface area is 232 Å². The Balaban J connectivity index is 1.34. The number of ether oxygens (including phenoxy) is 1. The molecule has 14 heteroatoms. The highest BCUT2D eigenvalue weighted by molar-refractivity contribution is 6.31. The minimum Gasteiger partial charge on any atom is -0.434 e. The number of benzene rings is 1. The first kappa shape index (κ1) is 26.1. The Hall–Kier alpha value is -4.10. The van der Waals surface area contributed by atoms with Gasteiger partial charge in [0.25, 0.3) is 5.91 Å². The summed E-state index contributed by atoms with van der Waals surface area (Å²) >= 11 is 6.20. The number of carbonyl (C=O) groups is 2. The van der Waals surface area contributed by atoms with Crippen LogP contribution in [0.1, 0.15) is 23.2 Å². The molecule has 0 bridgehead atoms. The summed E-state index contributed by atoms with van der Waals surface area (Å²) in [5, 5.41) is 15.1. The molecule has 4 aromatic rings. The van der Waals surface area contributed by atoms with Crippen LogP contribution in [0.25, 0.3) is 16.9 Å². The lowest BCUT2D eigenvalue weighted by Crippen LogP contribution is -2.46. The van der Waals surface area contributed by atoms with Gasteiger partial charge in [-0.15, -0.1) is 0 Å². The molecule has 0 saturated carbocycles. The second-order valence-electron chi connectivity index (χ2n) is 9.70. The molecule has 6 rings (SSSR count). The molecule has 2 saturated heterocycles. The van der Waals surface area contributed by atoms with Gasteiger partial charge in [-0.3, -0.25) is 14.3 Å². The van der Waals surface area contributed by atoms with Gasteiger partial charge in [0.2, 0.25) is 5.91 Å². The van der Waals surface area contributed by atoms with Crippen molar-refractivity contribution in [2.75, 3.05) is 25.0 Å². The molecule has 2 aliphatic heterocycles. The van der Waals surface area contributed by atoms with E-state index in [1.165, 1.54) is 46.0 Å². The minimum atomic E-state index is -3.10. The average Bonchev–Trinajstić information content (AvgIpc) is 3.66. The number of hydrogen-bond acceptors (Lipinski definition) is 7. The lowest BCUT2D eigenvalue weighted by atomic mass is 9.94. The van der Waals surface area contributed by atoms with Crippen LogP contribution >= 0.6 is 11.6 Å². The summed E-state index contributed by atoms with van der Waals surface area (Å²) in [6, 6.07) is 5.98. The number of halogens is 3. The molecule has 208 valence electrons. The van der Waals surface area contributed by atoms with Gasteiger partial charge in [-0.25, -0.2) is 9.50 Å². The fraction of sp³-hybridized carbons (Fsp3) is 0.346. The van der Waals surface area contributed by atoms with Gasteiger partial charge in [-0.05, 0) is 56.1 Å². The van der Waals surface area contributed by atoms with Crippen LogP contribution in [0.2, 0.25) is 5.02 Å². The van der Waals surface area contributed by atoms with E-state index in [0.717, 1.165) is 25.9 Å². The quantitative estimate of drug-likeness (QED) is 0.350. The molecule has 1 aromatic carbocycles. The number of nitrogens with one attached hydrogen (secondary N) is 2. The third-order valence-electron chi connectivity index (χ3n) is 7.27. The highest BCUT2D eigenvalue weighted by Crippen LogP contribution is 2.37. The first-order valence-electron chi connectivity index (χ1n) is 12.8. The SMILES string of the molecule is O=C(Nc1cn(CC(=O)N2CCC3CNCC[C@@H]32)nc1-c1cc(Cl)ccc1OC(F)F)c1cnn2cccnc12. The Morgan fingerprint density at radius 3 is 3.00 bits per heavy atom. The van der Waals surface area contributed by atoms with Crippen LogP contribution in [0.3, 0.4) is 0 Å². The largest absolute Gasteiger partial charge is 0.434 e. The van der Waals surface area contributed by atoms with Crippen molar-refractivity contribution in [3.05, 3.63) is 59.6 Å². The van der Waals surface area contributed by atoms with Crippen LogP contribution in [0, 0.1) is 5.92 Å². The molecule has 40 heavy (non-hydrogen) atoms. The van der Waals surface area contributed by atoms with Crippen LogP contribution < -0.4 is 15.4 Å². The standard InChI is InChI=1S/C26H25ClF2N8O3/c27-16-2-3-21(40-26(28)29)17(10-16)23-19(33-25(39)18-12-32-37-8-1-6-31-24(18)37)13-35(34-23)14-22(38)36-9-5-15-11-30-7-4-20(15)36/h1-3,6,8,10,12-13,15,20,26,30H,4-5,7,9,11,14H2,(H,33,39)/t15?,20-/m0/s1. The molecule has 1 unspecified atom stereocenters. The second-order valence-corrected chi connectivity index (χ2v) is 10.1. The van der Waals surface area contributed by atoms with Crippen molar-refractivity contribution in [2.24, 2.45) is 5.92 Å². The summed E-state index contributed by atoms with van der Waals surface area (Å²) in [5.41, 5.74) is 0.950. The molecule has 2 aliphatic rings. The number of fused-ring (bicyclic) bond motifs is 2. The zero-order chi connectivity index (χ0) is 27.8. The molecule has 5 heterocycles. The van der Waals surface area contributed by atoms with Crippen molar-refractivity contribution >= 4 is 34.7 Å². The first-order valence-corrected chi connectivity index (χ1v) is 13.2. The van der Waals surface area contributed by atoms with Gasteiger partial charge in [0.15, 0.2) is 5.65 Å². The van der Waals surface area contributed by atoms with E-state index >= 15 is 0 Å². The highest BCUT2D eigenvalue weighted by Gasteiger charge is 2.38. The zero-order valence-corrected chi connectivity index (χ0v) is 21.9. The summed E-state index contributed by atoms with van der Waals surface area (Å²) in [6.45, 7) is -0.789. The number of nitrogens with zero attached hydrogens (tertiary/aromatic N) is 6. The van der Waals surface area contributed by atoms with Crippen LogP contribution in [-0.4, -0.2) is 73.4 Å². The van der Waals surface area contributed by atoms with Gasteiger partial charge in [0.1, 0.15) is 23.6 Å². The lowest BCUT2D eigenvalue weighted by Gasteiger charge is -2.32. The highest BCUT2D eigenvalue weighted by atomic mass is 35.5. The van der Waals surface area contributed by atoms with E-state index in [1.54, 1.807) is 12.3 Å². The maximum atomic E-state index is 13.3. The van der Waals surface area contributed by atoms with Crippen molar-refractivity contribution in [1.82, 2.24) is 34.6 Å². The topological polar surface area (TPSA) is 119 Å². The Bertz CT molecular complexity index is 1570. The normalized spacial score (nSPS) is 18.8. The van der Waals surface area contributed by atoms with E-state index in [-0.39, 0.29) is 51.8 Å². The van der Waals surface area contributed by atoms with Crippen molar-refractivity contribution in [3.8, 4) is 17.0 Å². The van der Waals surface area contributed by atoms with Gasteiger partial charge in [-0.1, -0.05) is 11.6 Å². The van der Waals surface area contributed by atoms with E-state index in [4.69, 9.17) is 16.3 Å². The summed E-state index contributed by atoms with van der Waals surface area (Å²) in [4.78, 5) is 32.7. The molecule has 11 nitrogen and oxygen atoms in total. The first-order chi connectivity index (χ1) is 19.4. The summed E-state index contributed by atoms with van der Waals surface area (Å²) in [7, 11) is 0. The fourth-order valence-electron chi connectivity index (χ4n) is 5.48. The van der Waals surface area contributed by atoms with Gasteiger partial charge in [0, 0.05) is 41.8 Å². The van der Waals surface area contributed by atoms with Gasteiger partial charge < -0.3 is 20.3 Å². The monoisotopic (exact) mass is 570 g/mol. The van der Waals surface area contributed by atoms with Crippen LogP contribution in [0.15, 0.2) is 49.1 Å². The minimum absolute atomic E-state index is 0.0939. The Morgan fingerprint density at radius 1 is 1.27 bits per heavy atom. The molecule has 3 aromatic heterocycles.